The van der Waals surface area contributed by atoms with Crippen LogP contribution in [0.4, 0.5) is 5.69 Å². The quantitative estimate of drug-likeness (QED) is 0.0598. The Morgan fingerprint density at radius 2 is 1.84 bits per heavy atom. The summed E-state index contributed by atoms with van der Waals surface area (Å²) in [4.78, 5) is 26.4. The van der Waals surface area contributed by atoms with Crippen LogP contribution in [-0.4, -0.2) is 30.3 Å². The molecular formula is C26H40N2O4. The largest absolute Gasteiger partial charge is 0.469 e. The lowest BCUT2D eigenvalue weighted by Crippen LogP contribution is -2.04. The van der Waals surface area contributed by atoms with Crippen LogP contribution in [0.3, 0.4) is 0 Å². The summed E-state index contributed by atoms with van der Waals surface area (Å²) < 4.78 is 4.65. The van der Waals surface area contributed by atoms with Gasteiger partial charge >= 0.3 is 5.97 Å². The van der Waals surface area contributed by atoms with E-state index in [1.807, 2.05) is 6.07 Å². The molecular weight excluding hydrogens is 404 g/mol. The van der Waals surface area contributed by atoms with Crippen LogP contribution >= 0.6 is 0 Å². The normalized spacial score (nSPS) is 12.4. The summed E-state index contributed by atoms with van der Waals surface area (Å²) in [7, 11) is 1.43. The van der Waals surface area contributed by atoms with Crippen molar-refractivity contribution in [3.8, 4) is 0 Å². The Morgan fingerprint density at radius 3 is 2.59 bits per heavy atom. The number of carbonyl (C=O) groups excluding carboxylic acids is 1. The number of non-ortho nitro benzene ring substituents is 1. The molecule has 0 aliphatic rings. The van der Waals surface area contributed by atoms with Crippen molar-refractivity contribution in [1.29, 1.82) is 0 Å². The topological polar surface area (TPSA) is 81.8 Å². The van der Waals surface area contributed by atoms with Crippen molar-refractivity contribution < 1.29 is 14.5 Å². The smallest absolute Gasteiger partial charge is 0.305 e. The van der Waals surface area contributed by atoms with Crippen molar-refractivity contribution in [3.05, 3.63) is 52.1 Å². The van der Waals surface area contributed by atoms with Crippen LogP contribution in [0.5, 0.6) is 0 Å². The van der Waals surface area contributed by atoms with E-state index in [1.165, 1.54) is 38.9 Å². The molecule has 6 nitrogen and oxygen atoms in total. The molecule has 0 aliphatic carbocycles. The first-order valence-corrected chi connectivity index (χ1v) is 12.1. The maximum Gasteiger partial charge on any atom is 0.305 e. The second kappa shape index (κ2) is 18.1. The number of allylic oxidation sites excluding steroid dienone is 1. The van der Waals surface area contributed by atoms with Crippen LogP contribution in [0.15, 0.2) is 41.4 Å². The highest BCUT2D eigenvalue weighted by molar-refractivity contribution is 5.80. The van der Waals surface area contributed by atoms with Gasteiger partial charge in [0.1, 0.15) is 0 Å². The molecule has 1 aromatic rings. The fourth-order valence-electron chi connectivity index (χ4n) is 3.51. The van der Waals surface area contributed by atoms with Gasteiger partial charge in [-0.3, -0.25) is 19.9 Å². The number of unbranched alkanes of at least 4 members (excludes halogenated alkanes) is 8. The Morgan fingerprint density at radius 1 is 1.09 bits per heavy atom. The minimum absolute atomic E-state index is 0.0960. The number of hydrogen-bond donors (Lipinski definition) is 0. The molecule has 0 spiro atoms. The van der Waals surface area contributed by atoms with Crippen molar-refractivity contribution in [1.82, 2.24) is 0 Å². The minimum atomic E-state index is -0.374. The number of methoxy groups -OCH3 is 1. The van der Waals surface area contributed by atoms with Gasteiger partial charge in [0.15, 0.2) is 0 Å². The molecule has 0 saturated carbocycles. The van der Waals surface area contributed by atoms with Gasteiger partial charge in [-0.2, -0.15) is 0 Å². The molecule has 0 radical (unpaired) electrons. The SMILES string of the molecule is CCCCCCC(C/C=C\CCCCCCCC(=O)OC)N=Cc1cccc([N+](=O)[O-])c1. The van der Waals surface area contributed by atoms with Crippen LogP contribution in [0, 0.1) is 10.1 Å². The zero-order chi connectivity index (χ0) is 23.4. The van der Waals surface area contributed by atoms with E-state index in [4.69, 9.17) is 4.99 Å². The van der Waals surface area contributed by atoms with Gasteiger partial charge in [-0.15, -0.1) is 0 Å². The Kier molecular flexibility index (Phi) is 15.6. The fourth-order valence-corrected chi connectivity index (χ4v) is 3.51. The standard InChI is InChI=1S/C26H40N2O4/c1-3-4-5-12-17-24(27-22-23-16-15-19-25(21-23)28(30)31)18-13-10-8-6-7-9-11-14-20-26(29)32-2/h10,13,15-16,19,21-22,24H,3-9,11-12,14,17-18,20H2,1-2H3/b13-10-,27-22?. The zero-order valence-corrected chi connectivity index (χ0v) is 19.8. The van der Waals surface area contributed by atoms with Crippen molar-refractivity contribution in [2.75, 3.05) is 7.11 Å². The third-order valence-electron chi connectivity index (χ3n) is 5.46. The van der Waals surface area contributed by atoms with E-state index >= 15 is 0 Å². The van der Waals surface area contributed by atoms with E-state index < -0.39 is 0 Å². The summed E-state index contributed by atoms with van der Waals surface area (Å²) in [5.41, 5.74) is 0.868. The Labute approximate surface area is 193 Å². The summed E-state index contributed by atoms with van der Waals surface area (Å²) in [6, 6.07) is 6.83. The van der Waals surface area contributed by atoms with Crippen LogP contribution < -0.4 is 0 Å². The van der Waals surface area contributed by atoms with E-state index in [0.29, 0.717) is 6.42 Å². The molecule has 1 aromatic carbocycles. The van der Waals surface area contributed by atoms with Gasteiger partial charge in [0.05, 0.1) is 18.1 Å². The number of ether oxygens (including phenoxy) is 1. The monoisotopic (exact) mass is 444 g/mol. The maximum atomic E-state index is 11.1. The van der Waals surface area contributed by atoms with E-state index in [0.717, 1.165) is 56.9 Å². The van der Waals surface area contributed by atoms with Crippen LogP contribution in [0.25, 0.3) is 0 Å². The Hall–Kier alpha value is -2.50. The summed E-state index contributed by atoms with van der Waals surface area (Å²) in [5.74, 6) is -0.120. The highest BCUT2D eigenvalue weighted by Gasteiger charge is 2.07. The predicted molar refractivity (Wildman–Crippen MR) is 131 cm³/mol. The maximum absolute atomic E-state index is 11.1. The van der Waals surface area contributed by atoms with Gasteiger partial charge in [-0.25, -0.2) is 0 Å². The van der Waals surface area contributed by atoms with Gasteiger partial charge < -0.3 is 4.74 Å². The third-order valence-corrected chi connectivity index (χ3v) is 5.46. The van der Waals surface area contributed by atoms with E-state index in [1.54, 1.807) is 18.3 Å². The Bertz CT molecular complexity index is 716. The van der Waals surface area contributed by atoms with Crippen molar-refractivity contribution in [3.63, 3.8) is 0 Å². The molecule has 0 heterocycles. The number of carbonyl (C=O) groups is 1. The molecule has 0 aromatic heterocycles. The van der Waals surface area contributed by atoms with Crippen LogP contribution in [-0.2, 0) is 9.53 Å². The summed E-state index contributed by atoms with van der Waals surface area (Å²) in [5, 5.41) is 11.0. The number of aliphatic imine (C=N–C) groups is 1. The predicted octanol–water partition coefficient (Wildman–Crippen LogP) is 7.20. The van der Waals surface area contributed by atoms with E-state index in [2.05, 4.69) is 23.8 Å². The highest BCUT2D eigenvalue weighted by atomic mass is 16.6. The Balaban J connectivity index is 2.40. The van der Waals surface area contributed by atoms with Crippen molar-refractivity contribution in [2.45, 2.75) is 96.4 Å². The lowest BCUT2D eigenvalue weighted by Gasteiger charge is -2.10. The third kappa shape index (κ3) is 13.7. The fraction of sp³-hybridized carbons (Fsp3) is 0.615. The van der Waals surface area contributed by atoms with Gasteiger partial charge in [0, 0.05) is 24.8 Å². The first-order valence-electron chi connectivity index (χ1n) is 12.1. The molecule has 0 fully saturated rings. The highest BCUT2D eigenvalue weighted by Crippen LogP contribution is 2.15. The molecule has 1 rings (SSSR count). The molecule has 0 N–H and O–H groups in total. The van der Waals surface area contributed by atoms with E-state index in [9.17, 15) is 14.9 Å². The zero-order valence-electron chi connectivity index (χ0n) is 19.8. The van der Waals surface area contributed by atoms with Gasteiger partial charge in [-0.05, 0) is 37.7 Å². The molecule has 0 saturated heterocycles. The van der Waals surface area contributed by atoms with Gasteiger partial charge in [0.2, 0.25) is 0 Å². The van der Waals surface area contributed by atoms with Gasteiger partial charge in [0.25, 0.3) is 5.69 Å². The molecule has 178 valence electrons. The second-order valence-corrected chi connectivity index (χ2v) is 8.22. The number of nitro benzene ring substituents is 1. The molecule has 1 unspecified atom stereocenters. The van der Waals surface area contributed by atoms with Crippen molar-refractivity contribution in [2.24, 2.45) is 4.99 Å². The molecule has 1 atom stereocenters. The molecule has 0 aliphatic heterocycles. The molecule has 32 heavy (non-hydrogen) atoms. The number of esters is 1. The lowest BCUT2D eigenvalue weighted by atomic mass is 10.0. The lowest BCUT2D eigenvalue weighted by molar-refractivity contribution is -0.384. The minimum Gasteiger partial charge on any atom is -0.469 e. The molecule has 0 amide bonds. The molecule has 0 bridgehead atoms. The van der Waals surface area contributed by atoms with Gasteiger partial charge in [-0.1, -0.05) is 76.2 Å². The number of nitro groups is 1. The number of rotatable bonds is 18. The van der Waals surface area contributed by atoms with Crippen molar-refractivity contribution >= 4 is 17.9 Å². The average molecular weight is 445 g/mol. The van der Waals surface area contributed by atoms with Crippen LogP contribution in [0.2, 0.25) is 0 Å². The average Bonchev–Trinajstić information content (AvgIpc) is 2.80. The number of hydrogen-bond acceptors (Lipinski definition) is 5. The summed E-state index contributed by atoms with van der Waals surface area (Å²) >= 11 is 0. The van der Waals surface area contributed by atoms with Crippen LogP contribution in [0.1, 0.15) is 96.0 Å². The first kappa shape index (κ1) is 27.5. The summed E-state index contributed by atoms with van der Waals surface area (Å²) in [6.45, 7) is 2.21. The first-order chi connectivity index (χ1) is 15.6. The number of benzene rings is 1. The number of nitrogens with zero attached hydrogens (tertiary/aromatic N) is 2. The van der Waals surface area contributed by atoms with E-state index in [-0.39, 0.29) is 22.6 Å². The second-order valence-electron chi connectivity index (χ2n) is 8.22. The molecule has 6 heteroatoms. The summed E-state index contributed by atoms with van der Waals surface area (Å²) in [6.07, 6.45) is 20.1.